The van der Waals surface area contributed by atoms with Crippen molar-refractivity contribution in [3.63, 3.8) is 0 Å². The lowest BCUT2D eigenvalue weighted by atomic mass is 9.99. The average molecular weight is 246 g/mol. The lowest BCUT2D eigenvalue weighted by molar-refractivity contribution is -0.0496. The SMILES string of the molecule is NCC1CCN(S(=O)(=O)C(F)(F)F)CC1. The Bertz CT molecular complexity index is 307. The lowest BCUT2D eigenvalue weighted by Crippen LogP contribution is -2.45. The quantitative estimate of drug-likeness (QED) is 0.772. The standard InChI is InChI=1S/C7H13F3N2O2S/c8-7(9,10)15(13,14)12-3-1-6(5-11)2-4-12/h6H,1-5,11H2. The normalized spacial score (nSPS) is 21.9. The summed E-state index contributed by atoms with van der Waals surface area (Å²) >= 11 is 0. The molecule has 4 nitrogen and oxygen atoms in total. The summed E-state index contributed by atoms with van der Waals surface area (Å²) in [6.07, 6.45) is 0.789. The van der Waals surface area contributed by atoms with Gasteiger partial charge in [0.25, 0.3) is 0 Å². The van der Waals surface area contributed by atoms with Crippen LogP contribution in [0.3, 0.4) is 0 Å². The van der Waals surface area contributed by atoms with Gasteiger partial charge >= 0.3 is 15.5 Å². The van der Waals surface area contributed by atoms with E-state index in [4.69, 9.17) is 5.73 Å². The second kappa shape index (κ2) is 4.26. The number of hydrogen-bond donors (Lipinski definition) is 1. The molecule has 0 aromatic heterocycles. The van der Waals surface area contributed by atoms with Crippen molar-refractivity contribution in [3.05, 3.63) is 0 Å². The number of halogens is 3. The Morgan fingerprint density at radius 2 is 1.73 bits per heavy atom. The third-order valence-corrected chi connectivity index (χ3v) is 4.17. The Morgan fingerprint density at radius 1 is 1.27 bits per heavy atom. The van der Waals surface area contributed by atoms with Gasteiger partial charge in [0.1, 0.15) is 0 Å². The lowest BCUT2D eigenvalue weighted by Gasteiger charge is -2.30. The largest absolute Gasteiger partial charge is 0.511 e. The fraction of sp³-hybridized carbons (Fsp3) is 1.00. The molecule has 0 bridgehead atoms. The molecule has 2 N–H and O–H groups in total. The monoisotopic (exact) mass is 246 g/mol. The van der Waals surface area contributed by atoms with Crippen molar-refractivity contribution in [2.75, 3.05) is 19.6 Å². The molecular weight excluding hydrogens is 233 g/mol. The maximum Gasteiger partial charge on any atom is 0.511 e. The molecule has 0 aliphatic carbocycles. The fourth-order valence-corrected chi connectivity index (χ4v) is 2.52. The molecule has 1 aliphatic heterocycles. The van der Waals surface area contributed by atoms with Crippen LogP contribution >= 0.6 is 0 Å². The molecule has 1 heterocycles. The van der Waals surface area contributed by atoms with Crippen LogP contribution in [0.1, 0.15) is 12.8 Å². The third kappa shape index (κ3) is 2.61. The smallest absolute Gasteiger partial charge is 0.330 e. The van der Waals surface area contributed by atoms with E-state index in [0.29, 0.717) is 23.7 Å². The maximum absolute atomic E-state index is 12.1. The number of nitrogens with zero attached hydrogens (tertiary/aromatic N) is 1. The van der Waals surface area contributed by atoms with Crippen LogP contribution in [0.4, 0.5) is 13.2 Å². The Labute approximate surface area is 86.3 Å². The van der Waals surface area contributed by atoms with E-state index in [0.717, 1.165) is 0 Å². The summed E-state index contributed by atoms with van der Waals surface area (Å²) in [5.74, 6) is 0.129. The van der Waals surface area contributed by atoms with Gasteiger partial charge in [0.15, 0.2) is 0 Å². The molecule has 0 radical (unpaired) electrons. The zero-order chi connectivity index (χ0) is 11.7. The number of hydrogen-bond acceptors (Lipinski definition) is 3. The topological polar surface area (TPSA) is 63.4 Å². The molecule has 0 aromatic carbocycles. The molecule has 1 fully saturated rings. The summed E-state index contributed by atoms with van der Waals surface area (Å²) in [6.45, 7) is 0.202. The number of rotatable bonds is 2. The van der Waals surface area contributed by atoms with Crippen molar-refractivity contribution in [2.24, 2.45) is 11.7 Å². The van der Waals surface area contributed by atoms with Gasteiger partial charge in [-0.1, -0.05) is 0 Å². The van der Waals surface area contributed by atoms with Crippen molar-refractivity contribution in [1.29, 1.82) is 0 Å². The van der Waals surface area contributed by atoms with Crippen molar-refractivity contribution in [3.8, 4) is 0 Å². The van der Waals surface area contributed by atoms with Crippen molar-refractivity contribution in [1.82, 2.24) is 4.31 Å². The molecule has 0 unspecified atom stereocenters. The highest BCUT2D eigenvalue weighted by molar-refractivity contribution is 7.90. The molecule has 0 saturated carbocycles. The predicted molar refractivity (Wildman–Crippen MR) is 48.3 cm³/mol. The fourth-order valence-electron chi connectivity index (χ4n) is 1.53. The van der Waals surface area contributed by atoms with Crippen molar-refractivity contribution >= 4 is 10.0 Å². The maximum atomic E-state index is 12.1. The van der Waals surface area contributed by atoms with Crippen LogP contribution in [0.2, 0.25) is 0 Å². The van der Waals surface area contributed by atoms with Gasteiger partial charge in [0.05, 0.1) is 0 Å². The first-order valence-corrected chi connectivity index (χ1v) is 5.99. The van der Waals surface area contributed by atoms with Crippen LogP contribution in [0.25, 0.3) is 0 Å². The van der Waals surface area contributed by atoms with E-state index >= 15 is 0 Å². The second-order valence-electron chi connectivity index (χ2n) is 3.53. The second-order valence-corrected chi connectivity index (χ2v) is 5.46. The van der Waals surface area contributed by atoms with Gasteiger partial charge in [-0.25, -0.2) is 8.42 Å². The summed E-state index contributed by atoms with van der Waals surface area (Å²) in [6, 6.07) is 0. The number of piperidine rings is 1. The Morgan fingerprint density at radius 3 is 2.07 bits per heavy atom. The van der Waals surface area contributed by atoms with E-state index in [1.54, 1.807) is 0 Å². The highest BCUT2D eigenvalue weighted by Crippen LogP contribution is 2.29. The first-order valence-electron chi connectivity index (χ1n) is 4.55. The van der Waals surface area contributed by atoms with Gasteiger partial charge < -0.3 is 5.73 Å². The molecule has 1 aliphatic rings. The summed E-state index contributed by atoms with van der Waals surface area (Å²) in [5, 5.41) is 0. The summed E-state index contributed by atoms with van der Waals surface area (Å²) < 4.78 is 58.9. The first kappa shape index (κ1) is 12.7. The molecule has 1 saturated heterocycles. The number of alkyl halides is 3. The minimum atomic E-state index is -5.19. The van der Waals surface area contributed by atoms with Crippen LogP contribution in [0.5, 0.6) is 0 Å². The minimum absolute atomic E-state index is 0.0935. The first-order chi connectivity index (χ1) is 6.79. The van der Waals surface area contributed by atoms with E-state index in [9.17, 15) is 21.6 Å². The summed E-state index contributed by atoms with van der Waals surface area (Å²) in [5.41, 5.74) is 0.161. The summed E-state index contributed by atoms with van der Waals surface area (Å²) in [4.78, 5) is 0. The molecule has 15 heavy (non-hydrogen) atoms. The molecule has 8 heteroatoms. The highest BCUT2D eigenvalue weighted by Gasteiger charge is 2.50. The Balaban J connectivity index is 2.69. The Hall–Kier alpha value is -0.340. The molecular formula is C7H13F3N2O2S. The van der Waals surface area contributed by atoms with Crippen LogP contribution in [0.15, 0.2) is 0 Å². The molecule has 0 amide bonds. The zero-order valence-electron chi connectivity index (χ0n) is 8.00. The van der Waals surface area contributed by atoms with Crippen molar-refractivity contribution in [2.45, 2.75) is 18.3 Å². The van der Waals surface area contributed by atoms with Gasteiger partial charge in [-0.05, 0) is 25.3 Å². The molecule has 90 valence electrons. The third-order valence-electron chi connectivity index (χ3n) is 2.54. The van der Waals surface area contributed by atoms with Gasteiger partial charge in [-0.3, -0.25) is 0 Å². The van der Waals surface area contributed by atoms with Crippen LogP contribution < -0.4 is 5.73 Å². The van der Waals surface area contributed by atoms with E-state index in [2.05, 4.69) is 0 Å². The summed E-state index contributed by atoms with van der Waals surface area (Å²) in [7, 11) is -5.14. The van der Waals surface area contributed by atoms with Crippen LogP contribution in [-0.2, 0) is 10.0 Å². The van der Waals surface area contributed by atoms with Gasteiger partial charge in [0, 0.05) is 13.1 Å². The van der Waals surface area contributed by atoms with E-state index in [-0.39, 0.29) is 19.0 Å². The molecule has 0 spiro atoms. The predicted octanol–water partition coefficient (Wildman–Crippen LogP) is 0.507. The zero-order valence-corrected chi connectivity index (χ0v) is 8.81. The highest BCUT2D eigenvalue weighted by atomic mass is 32.2. The van der Waals surface area contributed by atoms with Crippen LogP contribution in [-0.4, -0.2) is 37.9 Å². The van der Waals surface area contributed by atoms with Gasteiger partial charge in [0.2, 0.25) is 0 Å². The number of sulfonamides is 1. The molecule has 0 atom stereocenters. The van der Waals surface area contributed by atoms with E-state index < -0.39 is 15.5 Å². The molecule has 0 aromatic rings. The van der Waals surface area contributed by atoms with Crippen LogP contribution in [0, 0.1) is 5.92 Å². The van der Waals surface area contributed by atoms with E-state index in [1.165, 1.54) is 0 Å². The molecule has 1 rings (SSSR count). The van der Waals surface area contributed by atoms with Gasteiger partial charge in [-0.2, -0.15) is 17.5 Å². The van der Waals surface area contributed by atoms with E-state index in [1.807, 2.05) is 0 Å². The van der Waals surface area contributed by atoms with Gasteiger partial charge in [-0.15, -0.1) is 0 Å². The van der Waals surface area contributed by atoms with Crippen molar-refractivity contribution < 1.29 is 21.6 Å². The number of nitrogens with two attached hydrogens (primary N) is 1. The minimum Gasteiger partial charge on any atom is -0.330 e. The average Bonchev–Trinajstić information content (AvgIpc) is 2.16. The Kier molecular flexibility index (Phi) is 3.62.